The zero-order valence-corrected chi connectivity index (χ0v) is 6.49. The molecular formula is C5H12N4O2. The zero-order chi connectivity index (χ0) is 8.53. The van der Waals surface area contributed by atoms with Crippen molar-refractivity contribution in [2.45, 2.75) is 13.3 Å². The first kappa shape index (κ1) is 9.80. The Morgan fingerprint density at radius 3 is 2.55 bits per heavy atom. The quantitative estimate of drug-likeness (QED) is 0.337. The van der Waals surface area contributed by atoms with Crippen molar-refractivity contribution in [3.63, 3.8) is 0 Å². The van der Waals surface area contributed by atoms with Crippen LogP contribution in [0.25, 0.3) is 0 Å². The van der Waals surface area contributed by atoms with Crippen LogP contribution in [0, 0.1) is 9.81 Å². The Kier molecular flexibility index (Phi) is 6.16. The van der Waals surface area contributed by atoms with Crippen LogP contribution in [0.4, 0.5) is 0 Å². The van der Waals surface area contributed by atoms with Crippen LogP contribution in [0.5, 0.6) is 0 Å². The minimum Gasteiger partial charge on any atom is -0.272 e. The summed E-state index contributed by atoms with van der Waals surface area (Å²) in [5.41, 5.74) is 2.20. The Hall–Kier alpha value is -1.20. The topological polar surface area (TPSA) is 74.1 Å². The first-order chi connectivity index (χ1) is 5.35. The molecule has 0 spiro atoms. The van der Waals surface area contributed by atoms with Crippen molar-refractivity contribution in [2.24, 2.45) is 10.6 Å². The van der Waals surface area contributed by atoms with Gasteiger partial charge in [-0.3, -0.25) is 10.4 Å². The highest BCUT2D eigenvalue weighted by molar-refractivity contribution is 4.51. The number of nitrogens with one attached hydrogen (secondary N) is 1. The lowest BCUT2D eigenvalue weighted by Gasteiger charge is -2.12. The smallest absolute Gasteiger partial charge is 0.0583 e. The second kappa shape index (κ2) is 6.91. The van der Waals surface area contributed by atoms with Crippen LogP contribution in [0.1, 0.15) is 13.3 Å². The first-order valence-electron chi connectivity index (χ1n) is 3.48. The van der Waals surface area contributed by atoms with Crippen molar-refractivity contribution >= 4 is 0 Å². The molecule has 0 unspecified atom stereocenters. The van der Waals surface area contributed by atoms with Gasteiger partial charge in [0.1, 0.15) is 0 Å². The van der Waals surface area contributed by atoms with Crippen LogP contribution >= 0.6 is 0 Å². The molecule has 0 amide bonds. The van der Waals surface area contributed by atoms with Gasteiger partial charge in [0.2, 0.25) is 0 Å². The molecule has 1 N–H and O–H groups in total. The molecule has 0 aliphatic carbocycles. The molecule has 0 aromatic heterocycles. The number of hydrogen-bond donors (Lipinski definition) is 1. The van der Waals surface area contributed by atoms with Crippen molar-refractivity contribution in [1.82, 2.24) is 10.4 Å². The maximum atomic E-state index is 10.0. The fourth-order valence-electron chi connectivity index (χ4n) is 0.676. The third-order valence-electron chi connectivity index (χ3n) is 1.14. The molecule has 0 saturated carbocycles. The maximum Gasteiger partial charge on any atom is 0.0583 e. The standard InChI is InChI=1S/C5H12N4O2/c1-2-4-9(8-11)5-3-6-7-10/h2-5H2,1H3,(H,6,10). The molecule has 0 aliphatic heterocycles. The molecule has 0 bridgehead atoms. The number of rotatable bonds is 7. The summed E-state index contributed by atoms with van der Waals surface area (Å²) < 4.78 is 0. The maximum absolute atomic E-state index is 10.0. The normalized spacial score (nSPS) is 8.82. The van der Waals surface area contributed by atoms with Gasteiger partial charge in [-0.1, -0.05) is 6.92 Å². The largest absolute Gasteiger partial charge is 0.272 e. The summed E-state index contributed by atoms with van der Waals surface area (Å²) in [7, 11) is 0. The SMILES string of the molecule is CCCN(CCNN=O)N=O. The second-order valence-corrected chi connectivity index (χ2v) is 2.03. The Balaban J connectivity index is 3.34. The summed E-state index contributed by atoms with van der Waals surface area (Å²) in [6.07, 6.45) is 0.861. The van der Waals surface area contributed by atoms with E-state index < -0.39 is 0 Å². The molecule has 0 fully saturated rings. The van der Waals surface area contributed by atoms with Crippen LogP contribution in [-0.2, 0) is 0 Å². The average Bonchev–Trinajstić information content (AvgIpc) is 2.03. The average molecular weight is 160 g/mol. The predicted molar refractivity (Wildman–Crippen MR) is 41.5 cm³/mol. The number of nitrogens with zero attached hydrogens (tertiary/aromatic N) is 3. The van der Waals surface area contributed by atoms with Gasteiger partial charge in [-0.25, -0.2) is 0 Å². The van der Waals surface area contributed by atoms with E-state index in [1.54, 1.807) is 0 Å². The zero-order valence-electron chi connectivity index (χ0n) is 6.49. The Morgan fingerprint density at radius 1 is 1.36 bits per heavy atom. The van der Waals surface area contributed by atoms with Gasteiger partial charge in [0.15, 0.2) is 0 Å². The Morgan fingerprint density at radius 2 is 2.09 bits per heavy atom. The molecule has 6 heteroatoms. The van der Waals surface area contributed by atoms with Crippen molar-refractivity contribution in [2.75, 3.05) is 19.6 Å². The molecule has 0 aromatic rings. The third-order valence-corrected chi connectivity index (χ3v) is 1.14. The number of hydrogen-bond acceptors (Lipinski definition) is 4. The molecule has 0 rings (SSSR count). The van der Waals surface area contributed by atoms with Gasteiger partial charge in [-0.2, -0.15) is 0 Å². The molecule has 0 aromatic carbocycles. The van der Waals surface area contributed by atoms with Gasteiger partial charge in [0.25, 0.3) is 0 Å². The van der Waals surface area contributed by atoms with Crippen molar-refractivity contribution in [3.8, 4) is 0 Å². The minimum absolute atomic E-state index is 0.356. The Bertz CT molecular complexity index is 119. The van der Waals surface area contributed by atoms with Gasteiger partial charge >= 0.3 is 0 Å². The summed E-state index contributed by atoms with van der Waals surface area (Å²) in [4.78, 5) is 19.6. The minimum atomic E-state index is 0.356. The highest BCUT2D eigenvalue weighted by Crippen LogP contribution is 1.89. The molecular weight excluding hydrogens is 148 g/mol. The highest BCUT2D eigenvalue weighted by Gasteiger charge is 1.98. The summed E-state index contributed by atoms with van der Waals surface area (Å²) >= 11 is 0. The van der Waals surface area contributed by atoms with E-state index in [0.29, 0.717) is 19.6 Å². The molecule has 0 saturated heterocycles. The van der Waals surface area contributed by atoms with Crippen LogP contribution in [-0.4, -0.2) is 24.6 Å². The van der Waals surface area contributed by atoms with Crippen LogP contribution < -0.4 is 5.43 Å². The van der Waals surface area contributed by atoms with Crippen LogP contribution in [0.15, 0.2) is 10.6 Å². The fourth-order valence-corrected chi connectivity index (χ4v) is 0.676. The number of nitroso groups, excluding NO2 is 2. The third kappa shape index (κ3) is 5.25. The first-order valence-corrected chi connectivity index (χ1v) is 3.48. The second-order valence-electron chi connectivity index (χ2n) is 2.03. The molecule has 0 atom stereocenters. The van der Waals surface area contributed by atoms with Crippen molar-refractivity contribution < 1.29 is 0 Å². The van der Waals surface area contributed by atoms with E-state index in [0.717, 1.165) is 6.42 Å². The molecule has 11 heavy (non-hydrogen) atoms. The van der Waals surface area contributed by atoms with Crippen molar-refractivity contribution in [3.05, 3.63) is 9.81 Å². The lowest BCUT2D eigenvalue weighted by molar-refractivity contribution is 0.284. The molecule has 6 nitrogen and oxygen atoms in total. The van der Waals surface area contributed by atoms with E-state index in [9.17, 15) is 9.81 Å². The van der Waals surface area contributed by atoms with Gasteiger partial charge in [-0.15, -0.1) is 9.81 Å². The lowest BCUT2D eigenvalue weighted by Crippen LogP contribution is -2.26. The van der Waals surface area contributed by atoms with Gasteiger partial charge in [0.05, 0.1) is 18.4 Å². The van der Waals surface area contributed by atoms with Gasteiger partial charge in [-0.05, 0) is 6.42 Å². The predicted octanol–water partition coefficient (Wildman–Crippen LogP) is 0.651. The van der Waals surface area contributed by atoms with Crippen molar-refractivity contribution in [1.29, 1.82) is 0 Å². The van der Waals surface area contributed by atoms with Crippen LogP contribution in [0.2, 0.25) is 0 Å². The fraction of sp³-hybridized carbons (Fsp3) is 1.00. The molecule has 64 valence electrons. The van der Waals surface area contributed by atoms with E-state index >= 15 is 0 Å². The summed E-state index contributed by atoms with van der Waals surface area (Å²) in [5, 5.41) is 6.53. The molecule has 0 radical (unpaired) electrons. The lowest BCUT2D eigenvalue weighted by atomic mass is 10.4. The Labute approximate surface area is 64.8 Å². The summed E-state index contributed by atoms with van der Waals surface area (Å²) in [6, 6.07) is 0. The van der Waals surface area contributed by atoms with Gasteiger partial charge in [0, 0.05) is 11.8 Å². The van der Waals surface area contributed by atoms with E-state index in [-0.39, 0.29) is 0 Å². The van der Waals surface area contributed by atoms with Gasteiger partial charge < -0.3 is 0 Å². The van der Waals surface area contributed by atoms with E-state index in [1.807, 2.05) is 6.92 Å². The summed E-state index contributed by atoms with van der Waals surface area (Å²) in [5.74, 6) is 0. The molecule has 0 heterocycles. The van der Waals surface area contributed by atoms with E-state index in [2.05, 4.69) is 16.0 Å². The highest BCUT2D eigenvalue weighted by atomic mass is 16.3. The summed E-state index contributed by atoms with van der Waals surface area (Å²) in [6.45, 7) is 3.34. The molecule has 0 aliphatic rings. The van der Waals surface area contributed by atoms with E-state index in [1.165, 1.54) is 5.01 Å². The monoisotopic (exact) mass is 160 g/mol. The van der Waals surface area contributed by atoms with E-state index in [4.69, 9.17) is 0 Å². The van der Waals surface area contributed by atoms with Crippen LogP contribution in [0.3, 0.4) is 0 Å².